The third kappa shape index (κ3) is 14.2. The van der Waals surface area contributed by atoms with Crippen LogP contribution in [0.5, 0.6) is 0 Å². The molecule has 0 aromatic carbocycles. The lowest BCUT2D eigenvalue weighted by Crippen LogP contribution is -2.06. The van der Waals surface area contributed by atoms with Crippen LogP contribution < -0.4 is 0 Å². The number of carbonyl (C=O) groups excluding carboxylic acids is 1. The second kappa shape index (κ2) is 15.1. The van der Waals surface area contributed by atoms with Gasteiger partial charge < -0.3 is 4.74 Å². The third-order valence-corrected chi connectivity index (χ3v) is 4.22. The van der Waals surface area contributed by atoms with Gasteiger partial charge in [-0.15, -0.1) is 0 Å². The van der Waals surface area contributed by atoms with E-state index in [9.17, 15) is 4.79 Å². The van der Waals surface area contributed by atoms with E-state index in [1.54, 1.807) is 6.92 Å². The van der Waals surface area contributed by atoms with Gasteiger partial charge in [-0.2, -0.15) is 0 Å². The molecule has 2 nitrogen and oxygen atoms in total. The SMILES string of the molecule is C=C(C)C(=O)OCCCCC(C)CCCCCCCCCC. The number of rotatable bonds is 15. The Balaban J connectivity index is 3.27. The van der Waals surface area contributed by atoms with Crippen LogP contribution in [0.15, 0.2) is 12.2 Å². The van der Waals surface area contributed by atoms with Crippen molar-refractivity contribution in [3.8, 4) is 0 Å². The van der Waals surface area contributed by atoms with E-state index in [1.165, 1.54) is 64.2 Å². The van der Waals surface area contributed by atoms with Crippen LogP contribution in [0.4, 0.5) is 0 Å². The van der Waals surface area contributed by atoms with Crippen molar-refractivity contribution in [1.29, 1.82) is 0 Å². The third-order valence-electron chi connectivity index (χ3n) is 4.22. The van der Waals surface area contributed by atoms with Crippen LogP contribution in [-0.2, 0) is 9.53 Å². The van der Waals surface area contributed by atoms with Gasteiger partial charge in [0.2, 0.25) is 0 Å². The summed E-state index contributed by atoms with van der Waals surface area (Å²) in [6.07, 6.45) is 15.9. The highest BCUT2D eigenvalue weighted by Gasteiger charge is 2.04. The molecule has 0 aliphatic heterocycles. The van der Waals surface area contributed by atoms with Gasteiger partial charge in [0.1, 0.15) is 0 Å². The molecular weight excluding hydrogens is 272 g/mol. The summed E-state index contributed by atoms with van der Waals surface area (Å²) in [5.41, 5.74) is 0.489. The number of hydrogen-bond acceptors (Lipinski definition) is 2. The number of unbranched alkanes of at least 4 members (excludes halogenated alkanes) is 8. The quantitative estimate of drug-likeness (QED) is 0.197. The molecule has 0 aromatic heterocycles. The van der Waals surface area contributed by atoms with Crippen LogP contribution in [0, 0.1) is 5.92 Å². The van der Waals surface area contributed by atoms with E-state index in [4.69, 9.17) is 4.74 Å². The lowest BCUT2D eigenvalue weighted by atomic mass is 9.97. The molecule has 0 saturated heterocycles. The zero-order valence-electron chi connectivity index (χ0n) is 15.3. The Labute approximate surface area is 138 Å². The Bertz CT molecular complexity index is 283. The van der Waals surface area contributed by atoms with E-state index < -0.39 is 0 Å². The van der Waals surface area contributed by atoms with E-state index in [1.807, 2.05) is 0 Å². The first-order valence-electron chi connectivity index (χ1n) is 9.40. The van der Waals surface area contributed by atoms with Crippen LogP contribution in [0.25, 0.3) is 0 Å². The number of esters is 1. The predicted octanol–water partition coefficient (Wildman–Crippen LogP) is 6.44. The Morgan fingerprint density at radius 2 is 1.41 bits per heavy atom. The fourth-order valence-electron chi connectivity index (χ4n) is 2.65. The molecule has 0 bridgehead atoms. The monoisotopic (exact) mass is 310 g/mol. The van der Waals surface area contributed by atoms with Crippen molar-refractivity contribution in [2.45, 2.75) is 97.8 Å². The van der Waals surface area contributed by atoms with E-state index in [0.29, 0.717) is 12.2 Å². The Kier molecular flexibility index (Phi) is 14.6. The summed E-state index contributed by atoms with van der Waals surface area (Å²) in [6, 6.07) is 0. The molecule has 0 aliphatic carbocycles. The van der Waals surface area contributed by atoms with Crippen LogP contribution in [-0.4, -0.2) is 12.6 Å². The van der Waals surface area contributed by atoms with E-state index in [-0.39, 0.29) is 5.97 Å². The maximum atomic E-state index is 11.2. The van der Waals surface area contributed by atoms with Gasteiger partial charge in [0.05, 0.1) is 6.61 Å². The maximum Gasteiger partial charge on any atom is 0.333 e. The Morgan fingerprint density at radius 3 is 1.95 bits per heavy atom. The molecule has 1 atom stereocenters. The van der Waals surface area contributed by atoms with Crippen molar-refractivity contribution >= 4 is 5.97 Å². The first-order valence-corrected chi connectivity index (χ1v) is 9.40. The summed E-state index contributed by atoms with van der Waals surface area (Å²) in [7, 11) is 0. The molecule has 2 heteroatoms. The second-order valence-corrected chi connectivity index (χ2v) is 6.78. The summed E-state index contributed by atoms with van der Waals surface area (Å²) in [5, 5.41) is 0. The summed E-state index contributed by atoms with van der Waals surface area (Å²) >= 11 is 0. The highest BCUT2D eigenvalue weighted by molar-refractivity contribution is 5.86. The average Bonchev–Trinajstić information content (AvgIpc) is 2.49. The molecule has 0 spiro atoms. The molecule has 0 N–H and O–H groups in total. The molecular formula is C20H38O2. The fraction of sp³-hybridized carbons (Fsp3) is 0.850. The van der Waals surface area contributed by atoms with Crippen molar-refractivity contribution in [1.82, 2.24) is 0 Å². The molecule has 0 heterocycles. The van der Waals surface area contributed by atoms with Crippen molar-refractivity contribution in [2.24, 2.45) is 5.92 Å². The minimum atomic E-state index is -0.257. The summed E-state index contributed by atoms with van der Waals surface area (Å²) in [5.74, 6) is 0.545. The van der Waals surface area contributed by atoms with E-state index in [0.717, 1.165) is 18.8 Å². The van der Waals surface area contributed by atoms with Gasteiger partial charge in [-0.3, -0.25) is 0 Å². The average molecular weight is 311 g/mol. The van der Waals surface area contributed by atoms with E-state index >= 15 is 0 Å². The number of carbonyl (C=O) groups is 1. The standard InChI is InChI=1S/C20H38O2/c1-5-6-7-8-9-10-11-12-15-19(4)16-13-14-17-22-20(21)18(2)3/h19H,2,5-17H2,1,3-4H3. The van der Waals surface area contributed by atoms with E-state index in [2.05, 4.69) is 20.4 Å². The van der Waals surface area contributed by atoms with Crippen molar-refractivity contribution in [3.05, 3.63) is 12.2 Å². The molecule has 0 rings (SSSR count). The number of ether oxygens (including phenoxy) is 1. The van der Waals surface area contributed by atoms with Crippen LogP contribution in [0.2, 0.25) is 0 Å². The summed E-state index contributed by atoms with van der Waals surface area (Å²) < 4.78 is 5.10. The van der Waals surface area contributed by atoms with Gasteiger partial charge in [0.25, 0.3) is 0 Å². The van der Waals surface area contributed by atoms with Crippen molar-refractivity contribution < 1.29 is 9.53 Å². The Morgan fingerprint density at radius 1 is 0.909 bits per heavy atom. The summed E-state index contributed by atoms with van der Waals surface area (Å²) in [6.45, 7) is 10.4. The smallest absolute Gasteiger partial charge is 0.333 e. The number of hydrogen-bond donors (Lipinski definition) is 0. The van der Waals surface area contributed by atoms with Gasteiger partial charge in [0.15, 0.2) is 0 Å². The normalized spacial score (nSPS) is 12.1. The van der Waals surface area contributed by atoms with Crippen LogP contribution in [0.3, 0.4) is 0 Å². The molecule has 0 fully saturated rings. The lowest BCUT2D eigenvalue weighted by molar-refractivity contribution is -0.139. The van der Waals surface area contributed by atoms with Crippen molar-refractivity contribution in [3.63, 3.8) is 0 Å². The maximum absolute atomic E-state index is 11.2. The van der Waals surface area contributed by atoms with Gasteiger partial charge in [0, 0.05) is 5.57 Å². The molecule has 0 aliphatic rings. The minimum Gasteiger partial charge on any atom is -0.462 e. The molecule has 0 aromatic rings. The highest BCUT2D eigenvalue weighted by atomic mass is 16.5. The fourth-order valence-corrected chi connectivity index (χ4v) is 2.65. The molecule has 0 radical (unpaired) electrons. The first-order chi connectivity index (χ1) is 10.6. The first kappa shape index (κ1) is 21.2. The minimum absolute atomic E-state index is 0.257. The lowest BCUT2D eigenvalue weighted by Gasteiger charge is -2.11. The van der Waals surface area contributed by atoms with Gasteiger partial charge >= 0.3 is 5.97 Å². The predicted molar refractivity (Wildman–Crippen MR) is 96.0 cm³/mol. The second-order valence-electron chi connectivity index (χ2n) is 6.78. The molecule has 22 heavy (non-hydrogen) atoms. The topological polar surface area (TPSA) is 26.3 Å². The zero-order chi connectivity index (χ0) is 16.6. The molecule has 130 valence electrons. The van der Waals surface area contributed by atoms with Gasteiger partial charge in [-0.25, -0.2) is 4.79 Å². The Hall–Kier alpha value is -0.790. The highest BCUT2D eigenvalue weighted by Crippen LogP contribution is 2.17. The zero-order valence-corrected chi connectivity index (χ0v) is 15.3. The van der Waals surface area contributed by atoms with Crippen LogP contribution in [0.1, 0.15) is 97.8 Å². The summed E-state index contributed by atoms with van der Waals surface area (Å²) in [4.78, 5) is 11.2. The van der Waals surface area contributed by atoms with Crippen molar-refractivity contribution in [2.75, 3.05) is 6.61 Å². The molecule has 1 unspecified atom stereocenters. The van der Waals surface area contributed by atoms with Gasteiger partial charge in [-0.05, 0) is 25.7 Å². The van der Waals surface area contributed by atoms with Crippen LogP contribution >= 0.6 is 0 Å². The molecule has 0 saturated carbocycles. The largest absolute Gasteiger partial charge is 0.462 e. The molecule has 0 amide bonds. The van der Waals surface area contributed by atoms with Gasteiger partial charge in [-0.1, -0.05) is 84.6 Å².